The lowest BCUT2D eigenvalue weighted by atomic mass is 10.0. The Morgan fingerprint density at radius 3 is 1.18 bits per heavy atom. The number of esters is 5. The summed E-state index contributed by atoms with van der Waals surface area (Å²) in [7, 11) is 0. The highest BCUT2D eigenvalue weighted by molar-refractivity contribution is 7.80. The zero-order valence-corrected chi connectivity index (χ0v) is 48.9. The van der Waals surface area contributed by atoms with Crippen molar-refractivity contribution in [3.05, 3.63) is 29.8 Å². The molecule has 0 bridgehead atoms. The van der Waals surface area contributed by atoms with Crippen molar-refractivity contribution in [3.63, 3.8) is 0 Å². The van der Waals surface area contributed by atoms with Gasteiger partial charge in [-0.2, -0.15) is 12.6 Å². The largest absolute Gasteiger partial charge is 0.481 e. The number of rotatable bonds is 27. The van der Waals surface area contributed by atoms with Crippen LogP contribution in [-0.2, 0) is 78.2 Å². The monoisotopic (exact) mass is 1240 g/mol. The standard InChI is InChI=1S/C16H23N3O6S.C13H25N3O6.C6H13NO2.C5H11NO2.C4H7NO4.2C2H5NO2/c1-8(13(19)14(20)21)24-15(22)11(17)6-9-2-4-10(5-3-9)25-16(23)12(18)7-26;1-6(2)4-8(14)11(18)22-13(20)10(16)7(3)21-12(19)9(15)5-17;1-3-4(2)5(7)6(8)9;1-3(2)4(6)5(7)8;5-2(4(8)9)1-3(6)7;2*3-1-2(4)5/h2-5,8,11-13,26H,6-7,17-19H2,1H3,(H,20,21);6-10,17H,4-5,14-16H2,1-3H3;4-5H,3,7H2,1-2H3,(H,8,9);3-4H,6H2,1-2H3,(H,7,8);2H,1,5H2,(H,6,7)(H,8,9);2*1,3H2,(H,4,5)/t8-,11+,12+,13+;7-,8+,9+,10+;4-,5-;4-;2-;;/m11000../s1. The van der Waals surface area contributed by atoms with Crippen LogP contribution in [0.15, 0.2) is 24.3 Å². The van der Waals surface area contributed by atoms with Crippen LogP contribution in [0, 0.1) is 17.8 Å². The van der Waals surface area contributed by atoms with Crippen LogP contribution in [0.1, 0.15) is 80.2 Å². The van der Waals surface area contributed by atoms with Crippen molar-refractivity contribution in [3.8, 4) is 5.75 Å². The van der Waals surface area contributed by atoms with Gasteiger partial charge in [-0.15, -0.1) is 0 Å². The highest BCUT2D eigenvalue weighted by atomic mass is 32.1. The van der Waals surface area contributed by atoms with Crippen LogP contribution >= 0.6 is 12.6 Å². The lowest BCUT2D eigenvalue weighted by molar-refractivity contribution is -0.166. The van der Waals surface area contributed by atoms with Crippen LogP contribution < -0.4 is 67.8 Å². The normalized spacial score (nSPS) is 14.5. The number of aliphatic hydroxyl groups is 1. The quantitative estimate of drug-likeness (QED) is 0.0128. The van der Waals surface area contributed by atoms with E-state index in [9.17, 15) is 57.5 Å². The molecule has 30 N–H and O–H groups in total. The highest BCUT2D eigenvalue weighted by Gasteiger charge is 2.31. The summed E-state index contributed by atoms with van der Waals surface area (Å²) in [5.74, 6) is -11.1. The van der Waals surface area contributed by atoms with Crippen molar-refractivity contribution in [2.45, 2.75) is 148 Å². The molecular formula is C48H89N11O24S. The van der Waals surface area contributed by atoms with E-state index in [1.165, 1.54) is 13.8 Å². The molecule has 0 saturated carbocycles. The van der Waals surface area contributed by atoms with Gasteiger partial charge in [0.1, 0.15) is 72.3 Å². The van der Waals surface area contributed by atoms with Crippen LogP contribution in [0.4, 0.5) is 0 Å². The van der Waals surface area contributed by atoms with Gasteiger partial charge in [0, 0.05) is 5.75 Å². The predicted octanol–water partition coefficient (Wildman–Crippen LogP) is -5.50. The minimum absolute atomic E-state index is 0.0208. The molecule has 12 atom stereocenters. The number of hydrogen-bond donors (Lipinski definition) is 20. The maximum absolute atomic E-state index is 11.9. The van der Waals surface area contributed by atoms with Crippen molar-refractivity contribution in [2.24, 2.45) is 80.8 Å². The molecule has 0 amide bonds. The van der Waals surface area contributed by atoms with Crippen molar-refractivity contribution < 1.29 is 117 Å². The first kappa shape index (κ1) is 88.2. The van der Waals surface area contributed by atoms with Gasteiger partial charge in [0.25, 0.3) is 0 Å². The van der Waals surface area contributed by atoms with E-state index in [1.807, 2.05) is 27.7 Å². The molecule has 1 aromatic rings. The van der Waals surface area contributed by atoms with Gasteiger partial charge in [0.05, 0.1) is 26.1 Å². The molecule has 0 unspecified atom stereocenters. The molecule has 0 aromatic heterocycles. The zero-order valence-electron chi connectivity index (χ0n) is 48.0. The first-order chi connectivity index (χ1) is 38.5. The Morgan fingerprint density at radius 2 is 0.893 bits per heavy atom. The van der Waals surface area contributed by atoms with E-state index in [-0.39, 0.29) is 43.0 Å². The number of aliphatic hydroxyl groups excluding tert-OH is 1. The minimum atomic E-state index is -1.37. The average Bonchev–Trinajstić information content (AvgIpc) is 3.41. The van der Waals surface area contributed by atoms with E-state index >= 15 is 0 Å². The average molecular weight is 1240 g/mol. The van der Waals surface area contributed by atoms with Gasteiger partial charge >= 0.3 is 71.6 Å². The van der Waals surface area contributed by atoms with Crippen molar-refractivity contribution in [2.75, 3.05) is 25.4 Å². The molecule has 1 rings (SSSR count). The summed E-state index contributed by atoms with van der Waals surface area (Å²) in [6, 6.07) is -3.03. The van der Waals surface area contributed by atoms with Gasteiger partial charge < -0.3 is 123 Å². The Morgan fingerprint density at radius 1 is 0.488 bits per heavy atom. The number of carbonyl (C=O) groups is 12. The number of ether oxygens (including phenoxy) is 4. The van der Waals surface area contributed by atoms with E-state index in [2.05, 4.69) is 28.8 Å². The van der Waals surface area contributed by atoms with Gasteiger partial charge in [0.15, 0.2) is 0 Å². The fourth-order valence-electron chi connectivity index (χ4n) is 4.36. The van der Waals surface area contributed by atoms with Crippen LogP contribution in [0.3, 0.4) is 0 Å². The molecule has 1 aromatic carbocycles. The summed E-state index contributed by atoms with van der Waals surface area (Å²) in [5, 5.41) is 65.3. The van der Waals surface area contributed by atoms with Crippen molar-refractivity contribution in [1.29, 1.82) is 0 Å². The molecule has 0 aliphatic rings. The third kappa shape index (κ3) is 47.4. The fourth-order valence-corrected chi connectivity index (χ4v) is 4.51. The van der Waals surface area contributed by atoms with Crippen LogP contribution in [-0.4, -0.2) is 205 Å². The molecule has 0 aliphatic heterocycles. The second-order valence-electron chi connectivity index (χ2n) is 18.2. The number of benzene rings is 1. The molecule has 0 spiro atoms. The first-order valence-electron chi connectivity index (χ1n) is 24.9. The molecule has 0 saturated heterocycles. The number of thiol groups is 1. The second-order valence-corrected chi connectivity index (χ2v) is 18.6. The third-order valence-corrected chi connectivity index (χ3v) is 10.3. The van der Waals surface area contributed by atoms with Crippen LogP contribution in [0.2, 0.25) is 0 Å². The first-order valence-corrected chi connectivity index (χ1v) is 25.6. The number of carboxylic acid groups (broad SMARTS) is 7. The van der Waals surface area contributed by atoms with Gasteiger partial charge in [-0.25, -0.2) is 14.4 Å². The topological polar surface area (TPSA) is 690 Å². The number of nitrogens with two attached hydrogens (primary N) is 11. The van der Waals surface area contributed by atoms with Gasteiger partial charge in [0.2, 0.25) is 0 Å². The third-order valence-electron chi connectivity index (χ3n) is 9.91. The van der Waals surface area contributed by atoms with E-state index in [1.54, 1.807) is 38.1 Å². The number of carboxylic acids is 7. The van der Waals surface area contributed by atoms with Crippen molar-refractivity contribution in [1.82, 2.24) is 0 Å². The lowest BCUT2D eigenvalue weighted by Gasteiger charge is -2.21. The molecule has 0 heterocycles. The molecule has 35 nitrogen and oxygen atoms in total. The Labute approximate surface area is 489 Å². The maximum Gasteiger partial charge on any atom is 0.334 e. The minimum Gasteiger partial charge on any atom is -0.481 e. The smallest absolute Gasteiger partial charge is 0.334 e. The number of hydrogen-bond acceptors (Lipinski definition) is 29. The van der Waals surface area contributed by atoms with E-state index in [0.717, 1.165) is 6.42 Å². The summed E-state index contributed by atoms with van der Waals surface area (Å²) in [6.45, 7) is 12.6. The molecular weight excluding hydrogens is 1150 g/mol. The Balaban J connectivity index is -0.000000233. The second kappa shape index (κ2) is 49.4. The number of carbonyl (C=O) groups excluding carboxylic acids is 5. The predicted molar refractivity (Wildman–Crippen MR) is 301 cm³/mol. The van der Waals surface area contributed by atoms with Crippen LogP contribution in [0.25, 0.3) is 0 Å². The number of aliphatic carboxylic acids is 7. The molecule has 0 radical (unpaired) electrons. The van der Waals surface area contributed by atoms with E-state index in [0.29, 0.717) is 17.7 Å². The zero-order chi connectivity index (χ0) is 67.5. The Hall–Kier alpha value is -7.07. The lowest BCUT2D eigenvalue weighted by Crippen LogP contribution is -2.48. The Kier molecular flexibility index (Phi) is 51.8. The van der Waals surface area contributed by atoms with Crippen LogP contribution in [0.5, 0.6) is 5.75 Å². The fraction of sp³-hybridized carbons (Fsp3) is 0.625. The van der Waals surface area contributed by atoms with E-state index < -0.39 is 151 Å². The molecule has 0 aliphatic carbocycles. The SMILES string of the molecule is CC(C)C[C@H](N)C(=O)OC(=O)[C@@H](N)[C@@H](C)OC(=O)[C@@H](N)CO.CC(C)[C@H](N)C(=O)O.CC[C@H](C)[C@H](N)C(=O)O.C[C@@H](OC(=O)[C@@H](N)Cc1ccc(OC(=O)[C@@H](N)CS)cc1)[C@H](N)C(=O)O.NCC(=O)O.NCC(=O)O.N[C@@H](CC(=O)O)C(=O)O. The summed E-state index contributed by atoms with van der Waals surface area (Å²) < 4.78 is 19.4. The Bertz CT molecular complexity index is 2150. The molecule has 0 fully saturated rings. The molecule has 84 heavy (non-hydrogen) atoms. The van der Waals surface area contributed by atoms with Gasteiger partial charge in [-0.1, -0.05) is 60.1 Å². The summed E-state index contributed by atoms with van der Waals surface area (Å²) in [4.78, 5) is 127. The van der Waals surface area contributed by atoms with Gasteiger partial charge in [-0.3, -0.25) is 43.2 Å². The van der Waals surface area contributed by atoms with Gasteiger partial charge in [-0.05, 0) is 62.1 Å². The molecule has 486 valence electrons. The summed E-state index contributed by atoms with van der Waals surface area (Å²) in [6.07, 6.45) is -1.30. The summed E-state index contributed by atoms with van der Waals surface area (Å²) in [5.41, 5.74) is 58.2. The van der Waals surface area contributed by atoms with E-state index in [4.69, 9.17) is 107 Å². The van der Waals surface area contributed by atoms with Crippen molar-refractivity contribution >= 4 is 84.3 Å². The maximum atomic E-state index is 11.9. The molecule has 36 heteroatoms. The summed E-state index contributed by atoms with van der Waals surface area (Å²) >= 11 is 3.92. The highest BCUT2D eigenvalue weighted by Crippen LogP contribution is 2.15.